The molecule has 0 bridgehead atoms. The van der Waals surface area contributed by atoms with Crippen LogP contribution in [0.25, 0.3) is 0 Å². The fourth-order valence-corrected chi connectivity index (χ4v) is 2.71. The molecule has 0 fully saturated rings. The average Bonchev–Trinajstić information content (AvgIpc) is 2.90. The first kappa shape index (κ1) is 14.6. The van der Waals surface area contributed by atoms with Crippen LogP contribution < -0.4 is 15.8 Å². The predicted molar refractivity (Wildman–Crippen MR) is 82.5 cm³/mol. The van der Waals surface area contributed by atoms with Crippen LogP contribution in [0.3, 0.4) is 0 Å². The molecular weight excluding hydrogens is 274 g/mol. The summed E-state index contributed by atoms with van der Waals surface area (Å²) in [5, 5.41) is 8.67. The van der Waals surface area contributed by atoms with E-state index in [1.54, 1.807) is 0 Å². The zero-order valence-corrected chi connectivity index (χ0v) is 13.0. The second-order valence-corrected chi connectivity index (χ2v) is 5.36. The molecule has 20 heavy (non-hydrogen) atoms. The third kappa shape index (κ3) is 3.41. The van der Waals surface area contributed by atoms with Gasteiger partial charge in [-0.3, -0.25) is 4.68 Å². The summed E-state index contributed by atoms with van der Waals surface area (Å²) < 4.78 is 11.6. The molecular formula is C13H21N5OS. The standard InChI is InChI=1S/C13H21N5OS/c1-4-19-11-12(14)17-20-13(11)15-6-5-7-18-10(3)8-9(2)16-18/h8,15H,4-7H2,1-3H3,(H2,14,17). The van der Waals surface area contributed by atoms with Crippen LogP contribution in [0.15, 0.2) is 6.07 Å². The highest BCUT2D eigenvalue weighted by Crippen LogP contribution is 2.34. The van der Waals surface area contributed by atoms with Crippen molar-refractivity contribution in [1.29, 1.82) is 0 Å². The van der Waals surface area contributed by atoms with Crippen molar-refractivity contribution in [2.24, 2.45) is 0 Å². The van der Waals surface area contributed by atoms with Crippen molar-refractivity contribution < 1.29 is 4.74 Å². The molecule has 110 valence electrons. The highest BCUT2D eigenvalue weighted by Gasteiger charge is 2.11. The Morgan fingerprint density at radius 2 is 2.25 bits per heavy atom. The van der Waals surface area contributed by atoms with Crippen LogP contribution in [0.5, 0.6) is 5.75 Å². The molecule has 0 aliphatic heterocycles. The second kappa shape index (κ2) is 6.60. The number of nitrogens with one attached hydrogen (secondary N) is 1. The molecule has 0 saturated heterocycles. The maximum atomic E-state index is 5.77. The molecule has 2 heterocycles. The maximum absolute atomic E-state index is 5.77. The number of anilines is 2. The number of ether oxygens (including phenoxy) is 1. The van der Waals surface area contributed by atoms with Gasteiger partial charge in [-0.1, -0.05) is 0 Å². The van der Waals surface area contributed by atoms with Gasteiger partial charge in [-0.2, -0.15) is 9.47 Å². The van der Waals surface area contributed by atoms with Gasteiger partial charge in [0.1, 0.15) is 0 Å². The maximum Gasteiger partial charge on any atom is 0.197 e. The van der Waals surface area contributed by atoms with E-state index in [-0.39, 0.29) is 0 Å². The molecule has 2 aromatic heterocycles. The van der Waals surface area contributed by atoms with Gasteiger partial charge < -0.3 is 15.8 Å². The molecule has 7 heteroatoms. The SMILES string of the molecule is CCOc1c(N)nsc1NCCCn1nc(C)cc1C. The molecule has 0 saturated carbocycles. The van der Waals surface area contributed by atoms with Crippen molar-refractivity contribution in [3.63, 3.8) is 0 Å². The van der Waals surface area contributed by atoms with Gasteiger partial charge in [0.25, 0.3) is 0 Å². The summed E-state index contributed by atoms with van der Waals surface area (Å²) in [5.74, 6) is 1.13. The second-order valence-electron chi connectivity index (χ2n) is 4.59. The number of nitrogen functional groups attached to an aromatic ring is 1. The van der Waals surface area contributed by atoms with Crippen molar-refractivity contribution >= 4 is 22.4 Å². The van der Waals surface area contributed by atoms with Crippen LogP contribution in [-0.4, -0.2) is 27.3 Å². The Morgan fingerprint density at radius 3 is 2.90 bits per heavy atom. The molecule has 2 rings (SSSR count). The molecule has 3 N–H and O–H groups in total. The average molecular weight is 295 g/mol. The van der Waals surface area contributed by atoms with Gasteiger partial charge in [-0.15, -0.1) is 0 Å². The first-order valence-electron chi connectivity index (χ1n) is 6.74. The number of hydrogen-bond acceptors (Lipinski definition) is 6. The minimum absolute atomic E-state index is 0.456. The van der Waals surface area contributed by atoms with Crippen molar-refractivity contribution in [1.82, 2.24) is 14.2 Å². The first-order valence-corrected chi connectivity index (χ1v) is 7.52. The van der Waals surface area contributed by atoms with E-state index in [9.17, 15) is 0 Å². The number of hydrogen-bond donors (Lipinski definition) is 2. The Balaban J connectivity index is 1.83. The summed E-state index contributed by atoms with van der Waals surface area (Å²) >= 11 is 1.34. The van der Waals surface area contributed by atoms with E-state index in [1.165, 1.54) is 17.2 Å². The molecule has 2 aromatic rings. The third-order valence-electron chi connectivity index (χ3n) is 2.90. The number of nitrogens with two attached hydrogens (primary N) is 1. The fourth-order valence-electron chi connectivity index (χ4n) is 2.02. The summed E-state index contributed by atoms with van der Waals surface area (Å²) in [6, 6.07) is 2.09. The lowest BCUT2D eigenvalue weighted by Gasteiger charge is -2.08. The Morgan fingerprint density at radius 1 is 1.45 bits per heavy atom. The minimum atomic E-state index is 0.456. The fraction of sp³-hybridized carbons (Fsp3) is 0.538. The van der Waals surface area contributed by atoms with Crippen molar-refractivity contribution in [3.8, 4) is 5.75 Å². The van der Waals surface area contributed by atoms with E-state index < -0.39 is 0 Å². The minimum Gasteiger partial charge on any atom is -0.487 e. The number of aryl methyl sites for hydroxylation is 3. The van der Waals surface area contributed by atoms with E-state index in [0.29, 0.717) is 18.2 Å². The smallest absolute Gasteiger partial charge is 0.197 e. The van der Waals surface area contributed by atoms with Gasteiger partial charge in [0, 0.05) is 18.8 Å². The molecule has 0 radical (unpaired) electrons. The molecule has 0 aromatic carbocycles. The van der Waals surface area contributed by atoms with Gasteiger partial charge in [-0.25, -0.2) is 0 Å². The lowest BCUT2D eigenvalue weighted by Crippen LogP contribution is -2.09. The molecule has 0 amide bonds. The van der Waals surface area contributed by atoms with Gasteiger partial charge in [0.15, 0.2) is 16.6 Å². The molecule has 0 aliphatic carbocycles. The summed E-state index contributed by atoms with van der Waals surface area (Å²) in [4.78, 5) is 0. The summed E-state index contributed by atoms with van der Waals surface area (Å²) in [5.41, 5.74) is 8.02. The molecule has 6 nitrogen and oxygen atoms in total. The summed E-state index contributed by atoms with van der Waals surface area (Å²) in [6.07, 6.45) is 0.978. The van der Waals surface area contributed by atoms with Crippen LogP contribution >= 0.6 is 11.5 Å². The Bertz CT molecular complexity index is 563. The van der Waals surface area contributed by atoms with E-state index in [4.69, 9.17) is 10.5 Å². The number of aromatic nitrogens is 3. The van der Waals surface area contributed by atoms with Crippen LogP contribution in [0, 0.1) is 13.8 Å². The van der Waals surface area contributed by atoms with Crippen molar-refractivity contribution in [2.75, 3.05) is 24.2 Å². The quantitative estimate of drug-likeness (QED) is 0.767. The van der Waals surface area contributed by atoms with Crippen LogP contribution in [-0.2, 0) is 6.54 Å². The van der Waals surface area contributed by atoms with Crippen LogP contribution in [0.2, 0.25) is 0 Å². The van der Waals surface area contributed by atoms with Gasteiger partial charge >= 0.3 is 0 Å². The predicted octanol–water partition coefficient (Wildman–Crippen LogP) is 2.44. The zero-order chi connectivity index (χ0) is 14.5. The van der Waals surface area contributed by atoms with Gasteiger partial charge in [-0.05, 0) is 44.8 Å². The molecule has 0 atom stereocenters. The highest BCUT2D eigenvalue weighted by atomic mass is 32.1. The van der Waals surface area contributed by atoms with Crippen molar-refractivity contribution in [2.45, 2.75) is 33.7 Å². The van der Waals surface area contributed by atoms with E-state index in [0.717, 1.165) is 30.2 Å². The zero-order valence-electron chi connectivity index (χ0n) is 12.1. The van der Waals surface area contributed by atoms with Gasteiger partial charge in [0.2, 0.25) is 0 Å². The monoisotopic (exact) mass is 295 g/mol. The number of nitrogens with zero attached hydrogens (tertiary/aromatic N) is 3. The topological polar surface area (TPSA) is 78.0 Å². The molecule has 0 spiro atoms. The van der Waals surface area contributed by atoms with Gasteiger partial charge in [0.05, 0.1) is 12.3 Å². The Hall–Kier alpha value is -1.76. The first-order chi connectivity index (χ1) is 9.61. The largest absolute Gasteiger partial charge is 0.487 e. The molecule has 0 unspecified atom stereocenters. The Labute approximate surface area is 123 Å². The highest BCUT2D eigenvalue weighted by molar-refractivity contribution is 7.11. The summed E-state index contributed by atoms with van der Waals surface area (Å²) in [7, 11) is 0. The normalized spacial score (nSPS) is 10.8. The van der Waals surface area contributed by atoms with Crippen LogP contribution in [0.4, 0.5) is 10.8 Å². The lowest BCUT2D eigenvalue weighted by atomic mass is 10.4. The lowest BCUT2D eigenvalue weighted by molar-refractivity contribution is 0.344. The summed E-state index contributed by atoms with van der Waals surface area (Å²) in [6.45, 7) is 8.33. The van der Waals surface area contributed by atoms with Crippen LogP contribution in [0.1, 0.15) is 24.7 Å². The van der Waals surface area contributed by atoms with E-state index in [1.807, 2.05) is 18.5 Å². The molecule has 0 aliphatic rings. The Kier molecular flexibility index (Phi) is 4.84. The van der Waals surface area contributed by atoms with Crippen molar-refractivity contribution in [3.05, 3.63) is 17.5 Å². The number of rotatable bonds is 7. The third-order valence-corrected chi connectivity index (χ3v) is 3.70. The van der Waals surface area contributed by atoms with E-state index in [2.05, 4.69) is 27.8 Å². The van der Waals surface area contributed by atoms with E-state index >= 15 is 0 Å².